The van der Waals surface area contributed by atoms with Crippen molar-refractivity contribution in [3.05, 3.63) is 23.8 Å². The molecule has 1 aromatic carbocycles. The second-order valence-corrected chi connectivity index (χ2v) is 4.66. The van der Waals surface area contributed by atoms with Crippen LogP contribution in [0.1, 0.15) is 30.7 Å². The van der Waals surface area contributed by atoms with Gasteiger partial charge in [-0.1, -0.05) is 6.07 Å². The van der Waals surface area contributed by atoms with E-state index in [2.05, 4.69) is 0 Å². The molecule has 1 aliphatic rings. The summed E-state index contributed by atoms with van der Waals surface area (Å²) in [6.45, 7) is 0. The van der Waals surface area contributed by atoms with E-state index in [4.69, 9.17) is 9.47 Å². The van der Waals surface area contributed by atoms with Crippen LogP contribution in [-0.4, -0.2) is 25.3 Å². The molecule has 1 aliphatic carbocycles. The first-order valence-corrected chi connectivity index (χ1v) is 6.09. The molecule has 0 saturated heterocycles. The molecule has 0 unspecified atom stereocenters. The van der Waals surface area contributed by atoms with Crippen molar-refractivity contribution in [1.29, 1.82) is 0 Å². The lowest BCUT2D eigenvalue weighted by Crippen LogP contribution is -2.10. The van der Waals surface area contributed by atoms with Gasteiger partial charge in [-0.3, -0.25) is 4.79 Å². The van der Waals surface area contributed by atoms with Crippen LogP contribution in [0, 0.1) is 5.92 Å². The van der Waals surface area contributed by atoms with Crippen LogP contribution in [0.4, 0.5) is 0 Å². The fourth-order valence-electron chi connectivity index (χ4n) is 2.26. The normalized spacial score (nSPS) is 16.1. The number of hydrogen-bond donors (Lipinski definition) is 1. The second kappa shape index (κ2) is 5.29. The standard InChI is InChI=1S/C14H18O4/c1-17-13-6-5-10(7-12(13)15)11(9-3-4-9)8-14(16)18-2/h5-7,9,11,15H,3-4,8H2,1-2H3/t11-/m0/s1. The molecule has 1 N–H and O–H groups in total. The van der Waals surface area contributed by atoms with Crippen molar-refractivity contribution in [2.75, 3.05) is 14.2 Å². The van der Waals surface area contributed by atoms with Gasteiger partial charge in [0.2, 0.25) is 0 Å². The lowest BCUT2D eigenvalue weighted by Gasteiger charge is -2.16. The summed E-state index contributed by atoms with van der Waals surface area (Å²) in [5, 5.41) is 9.79. The van der Waals surface area contributed by atoms with Crippen LogP contribution in [0.15, 0.2) is 18.2 Å². The Morgan fingerprint density at radius 3 is 2.67 bits per heavy atom. The highest BCUT2D eigenvalue weighted by atomic mass is 16.5. The van der Waals surface area contributed by atoms with Gasteiger partial charge in [0.1, 0.15) is 0 Å². The summed E-state index contributed by atoms with van der Waals surface area (Å²) < 4.78 is 9.75. The van der Waals surface area contributed by atoms with Crippen LogP contribution in [0.2, 0.25) is 0 Å². The predicted octanol–water partition coefficient (Wildman–Crippen LogP) is 2.46. The number of methoxy groups -OCH3 is 2. The largest absolute Gasteiger partial charge is 0.504 e. The van der Waals surface area contributed by atoms with Gasteiger partial charge >= 0.3 is 5.97 Å². The number of rotatable bonds is 5. The number of aromatic hydroxyl groups is 1. The molecule has 0 bridgehead atoms. The Hall–Kier alpha value is -1.71. The minimum absolute atomic E-state index is 0.116. The number of ether oxygens (including phenoxy) is 2. The maximum Gasteiger partial charge on any atom is 0.306 e. The summed E-state index contributed by atoms with van der Waals surface area (Å²) in [5.74, 6) is 1.02. The van der Waals surface area contributed by atoms with Crippen molar-refractivity contribution in [3.63, 3.8) is 0 Å². The van der Waals surface area contributed by atoms with E-state index in [-0.39, 0.29) is 17.6 Å². The van der Waals surface area contributed by atoms with Crippen molar-refractivity contribution in [3.8, 4) is 11.5 Å². The highest BCUT2D eigenvalue weighted by molar-refractivity contribution is 5.70. The van der Waals surface area contributed by atoms with E-state index in [1.165, 1.54) is 14.2 Å². The van der Waals surface area contributed by atoms with Gasteiger partial charge < -0.3 is 14.6 Å². The molecule has 2 rings (SSSR count). The number of benzene rings is 1. The zero-order valence-corrected chi connectivity index (χ0v) is 10.7. The average molecular weight is 250 g/mol. The van der Waals surface area contributed by atoms with E-state index in [1.807, 2.05) is 6.07 Å². The average Bonchev–Trinajstić information content (AvgIpc) is 3.19. The van der Waals surface area contributed by atoms with E-state index < -0.39 is 0 Å². The van der Waals surface area contributed by atoms with E-state index in [9.17, 15) is 9.90 Å². The Bertz CT molecular complexity index is 437. The molecule has 1 aromatic rings. The zero-order valence-electron chi connectivity index (χ0n) is 10.7. The Kier molecular flexibility index (Phi) is 3.75. The molecule has 0 aromatic heterocycles. The molecule has 4 heteroatoms. The quantitative estimate of drug-likeness (QED) is 0.815. The Morgan fingerprint density at radius 2 is 2.17 bits per heavy atom. The first-order chi connectivity index (χ1) is 8.65. The summed E-state index contributed by atoms with van der Waals surface area (Å²) in [4.78, 5) is 11.4. The van der Waals surface area contributed by atoms with Gasteiger partial charge in [0.25, 0.3) is 0 Å². The van der Waals surface area contributed by atoms with E-state index in [0.717, 1.165) is 18.4 Å². The van der Waals surface area contributed by atoms with Gasteiger partial charge in [-0.05, 0) is 42.4 Å². The van der Waals surface area contributed by atoms with Crippen LogP contribution >= 0.6 is 0 Å². The van der Waals surface area contributed by atoms with E-state index in [0.29, 0.717) is 18.1 Å². The Balaban J connectivity index is 2.20. The van der Waals surface area contributed by atoms with E-state index in [1.54, 1.807) is 12.1 Å². The van der Waals surface area contributed by atoms with Crippen LogP contribution in [0.5, 0.6) is 11.5 Å². The molecule has 1 saturated carbocycles. The van der Waals surface area contributed by atoms with Gasteiger partial charge in [-0.15, -0.1) is 0 Å². The minimum Gasteiger partial charge on any atom is -0.504 e. The molecular weight excluding hydrogens is 232 g/mol. The number of esters is 1. The minimum atomic E-state index is -0.206. The summed E-state index contributed by atoms with van der Waals surface area (Å²) in [5.41, 5.74) is 0.973. The number of carbonyl (C=O) groups is 1. The van der Waals surface area contributed by atoms with Gasteiger partial charge in [0.15, 0.2) is 11.5 Å². The molecule has 0 spiro atoms. The van der Waals surface area contributed by atoms with Crippen molar-refractivity contribution in [2.24, 2.45) is 5.92 Å². The fourth-order valence-corrected chi connectivity index (χ4v) is 2.26. The van der Waals surface area contributed by atoms with Crippen molar-refractivity contribution in [1.82, 2.24) is 0 Å². The third-order valence-corrected chi connectivity index (χ3v) is 3.44. The van der Waals surface area contributed by atoms with Crippen molar-refractivity contribution >= 4 is 5.97 Å². The molecule has 0 radical (unpaired) electrons. The smallest absolute Gasteiger partial charge is 0.306 e. The maximum absolute atomic E-state index is 11.4. The van der Waals surface area contributed by atoms with Crippen LogP contribution in [0.3, 0.4) is 0 Å². The zero-order chi connectivity index (χ0) is 13.1. The number of hydrogen-bond acceptors (Lipinski definition) is 4. The van der Waals surface area contributed by atoms with Crippen LogP contribution in [0.25, 0.3) is 0 Å². The van der Waals surface area contributed by atoms with Gasteiger partial charge in [0, 0.05) is 0 Å². The molecule has 1 atom stereocenters. The highest BCUT2D eigenvalue weighted by Crippen LogP contribution is 2.45. The van der Waals surface area contributed by atoms with Crippen LogP contribution < -0.4 is 4.74 Å². The third-order valence-electron chi connectivity index (χ3n) is 3.44. The molecule has 18 heavy (non-hydrogen) atoms. The van der Waals surface area contributed by atoms with Gasteiger partial charge in [0.05, 0.1) is 20.6 Å². The topological polar surface area (TPSA) is 55.8 Å². The number of phenols is 1. The van der Waals surface area contributed by atoms with Crippen molar-refractivity contribution in [2.45, 2.75) is 25.2 Å². The number of carbonyl (C=O) groups excluding carboxylic acids is 1. The molecular formula is C14H18O4. The first kappa shape index (κ1) is 12.7. The lowest BCUT2D eigenvalue weighted by molar-refractivity contribution is -0.141. The summed E-state index contributed by atoms with van der Waals surface area (Å²) >= 11 is 0. The lowest BCUT2D eigenvalue weighted by atomic mass is 9.91. The molecule has 0 heterocycles. The van der Waals surface area contributed by atoms with Crippen molar-refractivity contribution < 1.29 is 19.4 Å². The second-order valence-electron chi connectivity index (χ2n) is 4.66. The number of phenolic OH excluding ortho intramolecular Hbond substituents is 1. The maximum atomic E-state index is 11.4. The molecule has 1 fully saturated rings. The van der Waals surface area contributed by atoms with Gasteiger partial charge in [-0.2, -0.15) is 0 Å². The fraction of sp³-hybridized carbons (Fsp3) is 0.500. The van der Waals surface area contributed by atoms with Gasteiger partial charge in [-0.25, -0.2) is 0 Å². The summed E-state index contributed by atoms with van der Waals surface area (Å²) in [7, 11) is 2.92. The highest BCUT2D eigenvalue weighted by Gasteiger charge is 2.34. The van der Waals surface area contributed by atoms with Crippen LogP contribution in [-0.2, 0) is 9.53 Å². The molecule has 4 nitrogen and oxygen atoms in total. The summed E-state index contributed by atoms with van der Waals surface area (Å²) in [6, 6.07) is 5.33. The predicted molar refractivity (Wildman–Crippen MR) is 66.8 cm³/mol. The first-order valence-electron chi connectivity index (χ1n) is 6.09. The Labute approximate surface area is 107 Å². The SMILES string of the molecule is COC(=O)C[C@H](c1ccc(OC)c(O)c1)C1CC1. The monoisotopic (exact) mass is 250 g/mol. The molecule has 98 valence electrons. The summed E-state index contributed by atoms with van der Waals surface area (Å²) in [6.07, 6.45) is 2.63. The third kappa shape index (κ3) is 2.75. The molecule has 0 aliphatic heterocycles. The molecule has 0 amide bonds. The van der Waals surface area contributed by atoms with E-state index >= 15 is 0 Å². The Morgan fingerprint density at radius 1 is 1.44 bits per heavy atom.